The second-order valence-corrected chi connectivity index (χ2v) is 6.60. The van der Waals surface area contributed by atoms with Gasteiger partial charge in [-0.2, -0.15) is 5.90 Å². The number of benzene rings is 1. The first-order valence-electron chi connectivity index (χ1n) is 7.45. The molecule has 0 spiro atoms. The van der Waals surface area contributed by atoms with Gasteiger partial charge < -0.3 is 9.57 Å². The summed E-state index contributed by atoms with van der Waals surface area (Å²) in [6, 6.07) is 7.66. The van der Waals surface area contributed by atoms with E-state index in [-0.39, 0.29) is 0 Å². The molecule has 4 aliphatic rings. The quantitative estimate of drug-likeness (QED) is 0.848. The second-order valence-electron chi connectivity index (χ2n) is 6.60. The summed E-state index contributed by atoms with van der Waals surface area (Å²) in [6.07, 6.45) is 7.49. The molecule has 102 valence electrons. The molecule has 0 atom stereocenters. The lowest BCUT2D eigenvalue weighted by atomic mass is 9.55. The Morgan fingerprint density at radius 2 is 1.32 bits per heavy atom. The first-order valence-corrected chi connectivity index (χ1v) is 7.45. The third-order valence-electron chi connectivity index (χ3n) is 5.37. The number of hydrogen-bond donors (Lipinski definition) is 1. The van der Waals surface area contributed by atoms with E-state index in [1.807, 2.05) is 24.3 Å². The average Bonchev–Trinajstić information content (AvgIpc) is 2.43. The van der Waals surface area contributed by atoms with Gasteiger partial charge in [-0.15, -0.1) is 0 Å². The maximum Gasteiger partial charge on any atom is 0.147 e. The Balaban J connectivity index is 1.50. The van der Waals surface area contributed by atoms with Crippen LogP contribution in [-0.4, -0.2) is 6.10 Å². The number of ether oxygens (including phenoxy) is 1. The van der Waals surface area contributed by atoms with E-state index in [9.17, 15) is 0 Å². The highest BCUT2D eigenvalue weighted by atomic mass is 16.6. The van der Waals surface area contributed by atoms with Gasteiger partial charge in [0, 0.05) is 0 Å². The summed E-state index contributed by atoms with van der Waals surface area (Å²) in [6.45, 7) is 0. The monoisotopic (exact) mass is 259 g/mol. The number of rotatable bonds is 3. The molecule has 0 aliphatic heterocycles. The molecule has 4 saturated carbocycles. The van der Waals surface area contributed by atoms with Gasteiger partial charge >= 0.3 is 0 Å². The zero-order valence-electron chi connectivity index (χ0n) is 11.1. The van der Waals surface area contributed by atoms with Crippen LogP contribution in [-0.2, 0) is 0 Å². The van der Waals surface area contributed by atoms with E-state index < -0.39 is 0 Å². The third-order valence-corrected chi connectivity index (χ3v) is 5.37. The minimum Gasteiger partial charge on any atom is -0.490 e. The van der Waals surface area contributed by atoms with Crippen molar-refractivity contribution in [1.29, 1.82) is 0 Å². The summed E-state index contributed by atoms with van der Waals surface area (Å²) >= 11 is 0. The van der Waals surface area contributed by atoms with Crippen LogP contribution < -0.4 is 15.5 Å². The van der Waals surface area contributed by atoms with Gasteiger partial charge in [-0.1, -0.05) is 0 Å². The van der Waals surface area contributed by atoms with E-state index in [0.29, 0.717) is 11.9 Å². The van der Waals surface area contributed by atoms with Crippen LogP contribution in [0.25, 0.3) is 0 Å². The van der Waals surface area contributed by atoms with Crippen molar-refractivity contribution in [3.63, 3.8) is 0 Å². The minimum absolute atomic E-state index is 0.442. The molecule has 4 aliphatic carbocycles. The summed E-state index contributed by atoms with van der Waals surface area (Å²) in [5.74, 6) is 10.4. The van der Waals surface area contributed by atoms with Crippen LogP contribution in [0.2, 0.25) is 0 Å². The van der Waals surface area contributed by atoms with E-state index in [2.05, 4.69) is 0 Å². The molecule has 1 aromatic rings. The highest BCUT2D eigenvalue weighted by Crippen LogP contribution is 2.54. The van der Waals surface area contributed by atoms with Gasteiger partial charge in [0.05, 0.1) is 0 Å². The van der Waals surface area contributed by atoms with Crippen molar-refractivity contribution in [2.24, 2.45) is 29.6 Å². The highest BCUT2D eigenvalue weighted by Gasteiger charge is 2.49. The second kappa shape index (κ2) is 4.41. The van der Waals surface area contributed by atoms with Gasteiger partial charge in [-0.3, -0.25) is 0 Å². The van der Waals surface area contributed by atoms with Crippen molar-refractivity contribution in [2.45, 2.75) is 38.2 Å². The zero-order valence-corrected chi connectivity index (χ0v) is 11.1. The normalized spacial score (nSPS) is 39.3. The van der Waals surface area contributed by atoms with E-state index >= 15 is 0 Å². The van der Waals surface area contributed by atoms with Gasteiger partial charge in [-0.05, 0) is 80.0 Å². The van der Waals surface area contributed by atoms with Crippen LogP contribution in [0, 0.1) is 23.7 Å². The Bertz CT molecular complexity index is 428. The Hall–Kier alpha value is -1.22. The molecule has 0 unspecified atom stereocenters. The van der Waals surface area contributed by atoms with Crippen molar-refractivity contribution >= 4 is 0 Å². The molecule has 4 fully saturated rings. The molecule has 0 aromatic heterocycles. The van der Waals surface area contributed by atoms with Crippen molar-refractivity contribution in [2.75, 3.05) is 0 Å². The molecule has 19 heavy (non-hydrogen) atoms. The highest BCUT2D eigenvalue weighted by molar-refractivity contribution is 5.31. The largest absolute Gasteiger partial charge is 0.490 e. The Morgan fingerprint density at radius 3 is 1.84 bits per heavy atom. The molecule has 0 saturated heterocycles. The Kier molecular flexibility index (Phi) is 2.69. The maximum atomic E-state index is 6.29. The van der Waals surface area contributed by atoms with E-state index in [4.69, 9.17) is 15.5 Å². The summed E-state index contributed by atoms with van der Waals surface area (Å²) in [5, 5.41) is 0. The van der Waals surface area contributed by atoms with Gasteiger partial charge in [0.1, 0.15) is 17.6 Å². The van der Waals surface area contributed by atoms with Crippen molar-refractivity contribution < 1.29 is 9.57 Å². The topological polar surface area (TPSA) is 44.5 Å². The predicted octanol–water partition coefficient (Wildman–Crippen LogP) is 3.14. The summed E-state index contributed by atoms with van der Waals surface area (Å²) in [7, 11) is 0. The molecular formula is C16H21NO2. The summed E-state index contributed by atoms with van der Waals surface area (Å²) in [5.41, 5.74) is 0. The first-order chi connectivity index (χ1) is 9.31. The fourth-order valence-corrected chi connectivity index (χ4v) is 4.82. The maximum absolute atomic E-state index is 6.29. The average molecular weight is 259 g/mol. The molecule has 0 amide bonds. The van der Waals surface area contributed by atoms with Crippen LogP contribution in [0.4, 0.5) is 0 Å². The third kappa shape index (κ3) is 2.00. The molecule has 0 heterocycles. The summed E-state index contributed by atoms with van der Waals surface area (Å²) in [4.78, 5) is 4.70. The number of hydrogen-bond acceptors (Lipinski definition) is 3. The molecule has 4 bridgehead atoms. The molecular weight excluding hydrogens is 238 g/mol. The van der Waals surface area contributed by atoms with Crippen LogP contribution in [0.15, 0.2) is 24.3 Å². The Morgan fingerprint density at radius 1 is 0.789 bits per heavy atom. The van der Waals surface area contributed by atoms with Crippen molar-refractivity contribution in [1.82, 2.24) is 0 Å². The van der Waals surface area contributed by atoms with Crippen LogP contribution in [0.1, 0.15) is 32.1 Å². The Labute approximate surface area is 114 Å². The van der Waals surface area contributed by atoms with Crippen LogP contribution in [0.3, 0.4) is 0 Å². The van der Waals surface area contributed by atoms with Gasteiger partial charge in [0.25, 0.3) is 0 Å². The lowest BCUT2D eigenvalue weighted by molar-refractivity contribution is -0.0789. The SMILES string of the molecule is NOc1ccc(OC2C3CC4CC(C3)CC2C4)cc1. The lowest BCUT2D eigenvalue weighted by Crippen LogP contribution is -2.50. The predicted molar refractivity (Wildman–Crippen MR) is 72.7 cm³/mol. The standard InChI is InChI=1S/C16H21NO2/c17-19-15-3-1-14(2-4-15)18-16-12-6-10-5-11(8-12)9-13(16)7-10/h1-4,10-13,16H,5-9,17H2. The molecule has 3 nitrogen and oxygen atoms in total. The van der Waals surface area contributed by atoms with Gasteiger partial charge in [0.2, 0.25) is 0 Å². The zero-order chi connectivity index (χ0) is 12.8. The van der Waals surface area contributed by atoms with E-state index in [1.54, 1.807) is 0 Å². The van der Waals surface area contributed by atoms with Crippen molar-refractivity contribution in [3.05, 3.63) is 24.3 Å². The molecule has 0 radical (unpaired) electrons. The lowest BCUT2D eigenvalue weighted by Gasteiger charge is -2.53. The minimum atomic E-state index is 0.442. The fourth-order valence-electron chi connectivity index (χ4n) is 4.82. The summed E-state index contributed by atoms with van der Waals surface area (Å²) < 4.78 is 6.29. The molecule has 2 N–H and O–H groups in total. The van der Waals surface area contributed by atoms with Crippen LogP contribution >= 0.6 is 0 Å². The van der Waals surface area contributed by atoms with E-state index in [1.165, 1.54) is 32.1 Å². The van der Waals surface area contributed by atoms with Crippen molar-refractivity contribution in [3.8, 4) is 11.5 Å². The first kappa shape index (κ1) is 11.6. The van der Waals surface area contributed by atoms with Gasteiger partial charge in [-0.25, -0.2) is 0 Å². The van der Waals surface area contributed by atoms with Gasteiger partial charge in [0.15, 0.2) is 0 Å². The molecule has 3 heteroatoms. The molecule has 1 aromatic carbocycles. The molecule has 5 rings (SSSR count). The smallest absolute Gasteiger partial charge is 0.147 e. The fraction of sp³-hybridized carbons (Fsp3) is 0.625. The van der Waals surface area contributed by atoms with E-state index in [0.717, 1.165) is 29.4 Å². The van der Waals surface area contributed by atoms with Crippen LogP contribution in [0.5, 0.6) is 11.5 Å². The number of nitrogens with two attached hydrogens (primary N) is 1.